The quantitative estimate of drug-likeness (QED) is 0.530. The third kappa shape index (κ3) is 12.3. The van der Waals surface area contributed by atoms with E-state index in [-0.39, 0.29) is 17.6 Å². The zero-order valence-electron chi connectivity index (χ0n) is 13.9. The van der Waals surface area contributed by atoms with Crippen molar-refractivity contribution >= 4 is 17.5 Å². The lowest BCUT2D eigenvalue weighted by atomic mass is 10.0. The Labute approximate surface area is 129 Å². The van der Waals surface area contributed by atoms with E-state index in [0.717, 1.165) is 32.1 Å². The van der Waals surface area contributed by atoms with Gasteiger partial charge in [0.2, 0.25) is 5.91 Å². The van der Waals surface area contributed by atoms with Crippen LogP contribution >= 0.6 is 0 Å². The van der Waals surface area contributed by atoms with Crippen LogP contribution in [0.2, 0.25) is 0 Å². The highest BCUT2D eigenvalue weighted by molar-refractivity contribution is 5.80. The lowest BCUT2D eigenvalue weighted by Crippen LogP contribution is -2.24. The number of amides is 1. The molecule has 0 bridgehead atoms. The van der Waals surface area contributed by atoms with Crippen molar-refractivity contribution in [2.75, 3.05) is 6.54 Å². The van der Waals surface area contributed by atoms with Gasteiger partial charge in [-0.1, -0.05) is 27.2 Å². The molecule has 0 spiro atoms. The molecule has 1 amide bonds. The Morgan fingerprint density at radius 1 is 0.857 bits per heavy atom. The van der Waals surface area contributed by atoms with E-state index >= 15 is 0 Å². The molecule has 4 heteroatoms. The fourth-order valence-electron chi connectivity index (χ4n) is 1.99. The summed E-state index contributed by atoms with van der Waals surface area (Å²) < 4.78 is 0. The number of Topliss-reactive ketones (excluding diaryl/α,β-unsaturated/α-hetero) is 2. The van der Waals surface area contributed by atoms with Crippen LogP contribution in [0.25, 0.3) is 0 Å². The standard InChI is InChI=1S/C17H31NO3/c1-4-15(19)10-6-5-9-13-18-17(21)12-8-7-11-16(20)14(2)3/h14H,4-13H2,1-3H3,(H,18,21). The molecule has 0 saturated carbocycles. The minimum Gasteiger partial charge on any atom is -0.356 e. The lowest BCUT2D eigenvalue weighted by Gasteiger charge is -2.06. The fourth-order valence-corrected chi connectivity index (χ4v) is 1.99. The molecular formula is C17H31NO3. The Balaban J connectivity index is 3.39. The number of hydrogen-bond acceptors (Lipinski definition) is 3. The molecule has 0 rings (SSSR count). The summed E-state index contributed by atoms with van der Waals surface area (Å²) in [4.78, 5) is 34.1. The number of nitrogens with one attached hydrogen (secondary N) is 1. The summed E-state index contributed by atoms with van der Waals surface area (Å²) in [5.41, 5.74) is 0. The highest BCUT2D eigenvalue weighted by atomic mass is 16.1. The molecule has 0 unspecified atom stereocenters. The van der Waals surface area contributed by atoms with Gasteiger partial charge in [0.05, 0.1) is 0 Å². The second-order valence-electron chi connectivity index (χ2n) is 5.88. The van der Waals surface area contributed by atoms with Gasteiger partial charge in [-0.2, -0.15) is 0 Å². The molecule has 0 aliphatic heterocycles. The third-order valence-electron chi connectivity index (χ3n) is 3.57. The smallest absolute Gasteiger partial charge is 0.219 e. The van der Waals surface area contributed by atoms with Crippen LogP contribution < -0.4 is 5.32 Å². The molecule has 0 aromatic rings. The highest BCUT2D eigenvalue weighted by Crippen LogP contribution is 2.06. The Hall–Kier alpha value is -1.19. The number of carbonyl (C=O) groups excluding carboxylic acids is 3. The van der Waals surface area contributed by atoms with Crippen molar-refractivity contribution in [3.8, 4) is 0 Å². The zero-order valence-corrected chi connectivity index (χ0v) is 13.9. The predicted molar refractivity (Wildman–Crippen MR) is 85.1 cm³/mol. The van der Waals surface area contributed by atoms with E-state index in [2.05, 4.69) is 5.32 Å². The van der Waals surface area contributed by atoms with E-state index in [4.69, 9.17) is 0 Å². The average Bonchev–Trinajstić information content (AvgIpc) is 2.46. The summed E-state index contributed by atoms with van der Waals surface area (Å²) in [6.07, 6.45) is 6.75. The molecule has 1 N–H and O–H groups in total. The molecule has 0 saturated heterocycles. The van der Waals surface area contributed by atoms with Crippen LogP contribution in [0, 0.1) is 5.92 Å². The maximum absolute atomic E-state index is 11.6. The molecule has 0 aromatic heterocycles. The summed E-state index contributed by atoms with van der Waals surface area (Å²) in [7, 11) is 0. The fraction of sp³-hybridized carbons (Fsp3) is 0.824. The Morgan fingerprint density at radius 2 is 1.48 bits per heavy atom. The van der Waals surface area contributed by atoms with E-state index in [1.807, 2.05) is 20.8 Å². The number of carbonyl (C=O) groups is 3. The van der Waals surface area contributed by atoms with Gasteiger partial charge in [0.15, 0.2) is 0 Å². The van der Waals surface area contributed by atoms with Crippen LogP contribution in [-0.2, 0) is 14.4 Å². The zero-order chi connectivity index (χ0) is 16.1. The maximum atomic E-state index is 11.6. The molecule has 0 atom stereocenters. The second-order valence-corrected chi connectivity index (χ2v) is 5.88. The van der Waals surface area contributed by atoms with Crippen LogP contribution in [0.5, 0.6) is 0 Å². The van der Waals surface area contributed by atoms with Crippen molar-refractivity contribution in [1.29, 1.82) is 0 Å². The normalized spacial score (nSPS) is 10.7. The van der Waals surface area contributed by atoms with Gasteiger partial charge in [-0.15, -0.1) is 0 Å². The van der Waals surface area contributed by atoms with E-state index in [1.165, 1.54) is 0 Å². The van der Waals surface area contributed by atoms with Crippen molar-refractivity contribution in [3.05, 3.63) is 0 Å². The molecule has 0 aliphatic rings. The van der Waals surface area contributed by atoms with Gasteiger partial charge >= 0.3 is 0 Å². The highest BCUT2D eigenvalue weighted by Gasteiger charge is 2.07. The van der Waals surface area contributed by atoms with Gasteiger partial charge in [-0.3, -0.25) is 14.4 Å². The maximum Gasteiger partial charge on any atom is 0.219 e. The number of ketones is 2. The van der Waals surface area contributed by atoms with Crippen molar-refractivity contribution in [2.45, 2.75) is 78.6 Å². The Morgan fingerprint density at radius 3 is 2.10 bits per heavy atom. The second kappa shape index (κ2) is 12.5. The van der Waals surface area contributed by atoms with E-state index < -0.39 is 0 Å². The molecular weight excluding hydrogens is 266 g/mol. The minimum atomic E-state index is 0.0663. The molecule has 0 radical (unpaired) electrons. The lowest BCUT2D eigenvalue weighted by molar-refractivity contribution is -0.123. The van der Waals surface area contributed by atoms with Gasteiger partial charge < -0.3 is 5.32 Å². The first kappa shape index (κ1) is 19.8. The van der Waals surface area contributed by atoms with Gasteiger partial charge in [0.25, 0.3) is 0 Å². The predicted octanol–water partition coefficient (Wildman–Crippen LogP) is 3.43. The number of rotatable bonds is 13. The van der Waals surface area contributed by atoms with Crippen molar-refractivity contribution in [3.63, 3.8) is 0 Å². The SMILES string of the molecule is CCC(=O)CCCCCNC(=O)CCCCC(=O)C(C)C. The minimum absolute atomic E-state index is 0.0663. The summed E-state index contributed by atoms with van der Waals surface area (Å²) in [6, 6.07) is 0. The van der Waals surface area contributed by atoms with Crippen molar-refractivity contribution in [1.82, 2.24) is 5.32 Å². The van der Waals surface area contributed by atoms with Crippen LogP contribution in [0.15, 0.2) is 0 Å². The molecule has 21 heavy (non-hydrogen) atoms. The molecule has 0 aromatic carbocycles. The first-order chi connectivity index (χ1) is 9.97. The Kier molecular flexibility index (Phi) is 11.8. The van der Waals surface area contributed by atoms with Crippen molar-refractivity contribution < 1.29 is 14.4 Å². The molecule has 4 nitrogen and oxygen atoms in total. The summed E-state index contributed by atoms with van der Waals surface area (Å²) in [5.74, 6) is 0.752. The van der Waals surface area contributed by atoms with Crippen LogP contribution in [-0.4, -0.2) is 24.0 Å². The van der Waals surface area contributed by atoms with Gasteiger partial charge in [-0.05, 0) is 25.7 Å². The van der Waals surface area contributed by atoms with E-state index in [0.29, 0.717) is 38.0 Å². The van der Waals surface area contributed by atoms with E-state index in [9.17, 15) is 14.4 Å². The molecule has 0 aliphatic carbocycles. The van der Waals surface area contributed by atoms with Gasteiger partial charge in [0.1, 0.15) is 11.6 Å². The van der Waals surface area contributed by atoms with Crippen LogP contribution in [0.4, 0.5) is 0 Å². The third-order valence-corrected chi connectivity index (χ3v) is 3.57. The molecule has 122 valence electrons. The van der Waals surface area contributed by atoms with Gasteiger partial charge in [0, 0.05) is 38.1 Å². The Bertz CT molecular complexity index is 324. The monoisotopic (exact) mass is 297 g/mol. The van der Waals surface area contributed by atoms with Crippen molar-refractivity contribution in [2.24, 2.45) is 5.92 Å². The summed E-state index contributed by atoms with van der Waals surface area (Å²) >= 11 is 0. The first-order valence-corrected chi connectivity index (χ1v) is 8.28. The summed E-state index contributed by atoms with van der Waals surface area (Å²) in [5, 5.41) is 2.89. The first-order valence-electron chi connectivity index (χ1n) is 8.28. The van der Waals surface area contributed by atoms with Crippen LogP contribution in [0.1, 0.15) is 78.6 Å². The van der Waals surface area contributed by atoms with Crippen LogP contribution in [0.3, 0.4) is 0 Å². The van der Waals surface area contributed by atoms with E-state index in [1.54, 1.807) is 0 Å². The molecule has 0 fully saturated rings. The topological polar surface area (TPSA) is 63.2 Å². The largest absolute Gasteiger partial charge is 0.356 e. The average molecular weight is 297 g/mol. The molecule has 0 heterocycles. The number of unbranched alkanes of at least 4 members (excludes halogenated alkanes) is 3. The number of hydrogen-bond donors (Lipinski definition) is 1. The summed E-state index contributed by atoms with van der Waals surface area (Å²) in [6.45, 7) is 6.38. The van der Waals surface area contributed by atoms with Gasteiger partial charge in [-0.25, -0.2) is 0 Å².